The van der Waals surface area contributed by atoms with Gasteiger partial charge in [0.15, 0.2) is 0 Å². The second-order valence-corrected chi connectivity index (χ2v) is 8.86. The maximum Gasteiger partial charge on any atom is 0.338 e. The van der Waals surface area contributed by atoms with Crippen LogP contribution in [0.2, 0.25) is 0 Å². The van der Waals surface area contributed by atoms with Crippen LogP contribution in [0.1, 0.15) is 43.2 Å². The monoisotopic (exact) mass is 506 g/mol. The van der Waals surface area contributed by atoms with Gasteiger partial charge < -0.3 is 9.47 Å². The molecule has 188 valence electrons. The first-order chi connectivity index (χ1) is 18.6. The molecule has 0 atom stereocenters. The van der Waals surface area contributed by atoms with Crippen LogP contribution in [-0.4, -0.2) is 41.9 Å². The smallest absolute Gasteiger partial charge is 0.338 e. The van der Waals surface area contributed by atoms with Crippen LogP contribution in [0.15, 0.2) is 85.2 Å². The molecule has 10 heteroatoms. The van der Waals surface area contributed by atoms with E-state index in [-0.39, 0.29) is 24.3 Å². The summed E-state index contributed by atoms with van der Waals surface area (Å²) in [5.74, 6) is -1.16. The van der Waals surface area contributed by atoms with Crippen LogP contribution in [0.3, 0.4) is 0 Å². The highest BCUT2D eigenvalue weighted by atomic mass is 16.5. The predicted octanol–water partition coefficient (Wildman–Crippen LogP) is 3.66. The Morgan fingerprint density at radius 1 is 0.605 bits per heavy atom. The van der Waals surface area contributed by atoms with E-state index in [0.29, 0.717) is 24.5 Å². The average molecular weight is 507 g/mol. The second kappa shape index (κ2) is 10.1. The van der Waals surface area contributed by atoms with Gasteiger partial charge in [0.2, 0.25) is 0 Å². The van der Waals surface area contributed by atoms with Gasteiger partial charge in [0, 0.05) is 0 Å². The number of hydrogen-bond donors (Lipinski definition) is 0. The summed E-state index contributed by atoms with van der Waals surface area (Å²) in [6.07, 6.45) is 3.51. The van der Waals surface area contributed by atoms with Crippen molar-refractivity contribution >= 4 is 11.9 Å². The Balaban J connectivity index is 1.38. The maximum atomic E-state index is 12.6. The number of hydrogen-bond acceptors (Lipinski definition) is 8. The molecular weight excluding hydrogens is 484 g/mol. The van der Waals surface area contributed by atoms with Crippen molar-refractivity contribution in [1.82, 2.24) is 30.0 Å². The fourth-order valence-electron chi connectivity index (χ4n) is 4.37. The minimum Gasteiger partial charge on any atom is -0.455 e. The van der Waals surface area contributed by atoms with E-state index in [1.54, 1.807) is 40.0 Å². The van der Waals surface area contributed by atoms with Gasteiger partial charge in [0.05, 0.1) is 36.6 Å². The molecule has 0 unspecified atom stereocenters. The molecule has 0 spiro atoms. The van der Waals surface area contributed by atoms with Gasteiger partial charge in [-0.2, -0.15) is 0 Å². The zero-order valence-corrected chi connectivity index (χ0v) is 20.2. The first kappa shape index (κ1) is 23.3. The topological polar surface area (TPSA) is 114 Å². The lowest BCUT2D eigenvalue weighted by Crippen LogP contribution is -2.09. The van der Waals surface area contributed by atoms with E-state index in [9.17, 15) is 9.59 Å². The number of aromatic nitrogens is 6. The van der Waals surface area contributed by atoms with Crippen LogP contribution in [0.5, 0.6) is 0 Å². The standard InChI is InChI=1S/C28H22N6O4/c35-27-19-8-5-9-20(12-19)28(36)38-18-24-16-34(32-30-24)14-22-7-2-4-11-26(22)25-10-3-1-6-21(25)13-33-15-23(17-37-27)29-31-33/h1-12,15-16H,13-14,17-18H2. The number of rotatable bonds is 0. The highest BCUT2D eigenvalue weighted by molar-refractivity contribution is 5.95. The Morgan fingerprint density at radius 3 is 1.58 bits per heavy atom. The van der Waals surface area contributed by atoms with Gasteiger partial charge in [-0.25, -0.2) is 19.0 Å². The van der Waals surface area contributed by atoms with E-state index < -0.39 is 11.9 Å². The summed E-state index contributed by atoms with van der Waals surface area (Å²) in [6, 6.07) is 22.4. The molecule has 0 aliphatic carbocycles. The molecule has 0 saturated heterocycles. The number of carbonyl (C=O) groups excluding carboxylic acids is 2. The van der Waals surface area contributed by atoms with Crippen molar-refractivity contribution in [3.63, 3.8) is 0 Å². The zero-order valence-electron chi connectivity index (χ0n) is 20.2. The molecule has 5 aromatic rings. The van der Waals surface area contributed by atoms with Crippen LogP contribution < -0.4 is 0 Å². The van der Waals surface area contributed by atoms with Crippen LogP contribution in [-0.2, 0) is 35.8 Å². The second-order valence-electron chi connectivity index (χ2n) is 8.86. The lowest BCUT2D eigenvalue weighted by Gasteiger charge is -2.14. The summed E-state index contributed by atoms with van der Waals surface area (Å²) in [4.78, 5) is 25.3. The fraction of sp³-hybridized carbons (Fsp3) is 0.143. The van der Waals surface area contributed by atoms with Crippen molar-refractivity contribution in [2.75, 3.05) is 0 Å². The van der Waals surface area contributed by atoms with Gasteiger partial charge in [0.1, 0.15) is 24.6 Å². The summed E-state index contributed by atoms with van der Waals surface area (Å²) in [7, 11) is 0. The number of benzene rings is 3. The number of fused-ring (bicyclic) bond motifs is 9. The Morgan fingerprint density at radius 2 is 1.08 bits per heavy atom. The van der Waals surface area contributed by atoms with Gasteiger partial charge in [-0.05, 0) is 40.5 Å². The summed E-state index contributed by atoms with van der Waals surface area (Å²) in [5, 5.41) is 16.8. The minimum atomic E-state index is -0.579. The zero-order chi connectivity index (χ0) is 25.9. The lowest BCUT2D eigenvalue weighted by molar-refractivity contribution is 0.0465. The number of cyclic esters (lactones) is 2. The fourth-order valence-corrected chi connectivity index (χ4v) is 4.37. The third-order valence-corrected chi connectivity index (χ3v) is 6.20. The van der Waals surface area contributed by atoms with Gasteiger partial charge in [-0.3, -0.25) is 0 Å². The molecule has 1 aliphatic rings. The summed E-state index contributed by atoms with van der Waals surface area (Å²) in [6.45, 7) is 0.876. The number of esters is 2. The Labute approximate surface area is 217 Å². The van der Waals surface area contributed by atoms with Crippen molar-refractivity contribution in [2.45, 2.75) is 26.3 Å². The van der Waals surface area contributed by atoms with E-state index in [1.165, 1.54) is 6.07 Å². The van der Waals surface area contributed by atoms with Gasteiger partial charge >= 0.3 is 11.9 Å². The maximum absolute atomic E-state index is 12.6. The highest BCUT2D eigenvalue weighted by Crippen LogP contribution is 2.28. The molecule has 0 amide bonds. The van der Waals surface area contributed by atoms with E-state index >= 15 is 0 Å². The summed E-state index contributed by atoms with van der Waals surface area (Å²) < 4.78 is 14.3. The van der Waals surface area contributed by atoms with E-state index in [2.05, 4.69) is 44.9 Å². The SMILES string of the molecule is O=C1OCc2cn(nn2)Cc2ccccc2-c2ccccc2Cn2cc(nn2)COC(=O)c2cccc1c2. The highest BCUT2D eigenvalue weighted by Gasteiger charge is 2.16. The van der Waals surface area contributed by atoms with Crippen molar-refractivity contribution < 1.29 is 19.1 Å². The number of ether oxygens (including phenoxy) is 2. The first-order valence-electron chi connectivity index (χ1n) is 12.0. The summed E-state index contributed by atoms with van der Waals surface area (Å²) >= 11 is 0. The van der Waals surface area contributed by atoms with Crippen LogP contribution in [0.25, 0.3) is 11.1 Å². The van der Waals surface area contributed by atoms with Gasteiger partial charge in [-0.15, -0.1) is 10.2 Å². The molecule has 3 heterocycles. The van der Waals surface area contributed by atoms with E-state index in [0.717, 1.165) is 22.3 Å². The number of carbonyl (C=O) groups is 2. The normalized spacial score (nSPS) is 13.9. The molecular formula is C28H22N6O4. The average Bonchev–Trinajstić information content (AvgIpc) is 3.60. The van der Waals surface area contributed by atoms with Crippen molar-refractivity contribution in [3.05, 3.63) is 119 Å². The molecule has 10 nitrogen and oxygen atoms in total. The molecule has 3 aromatic carbocycles. The van der Waals surface area contributed by atoms with Crippen molar-refractivity contribution in [3.8, 4) is 11.1 Å². The van der Waals surface area contributed by atoms with Crippen LogP contribution in [0, 0.1) is 0 Å². The molecule has 38 heavy (non-hydrogen) atoms. The molecule has 6 bridgehead atoms. The number of nitrogens with zero attached hydrogens (tertiary/aromatic N) is 6. The molecule has 6 rings (SSSR count). The Bertz CT molecular complexity index is 1520. The Kier molecular flexibility index (Phi) is 6.19. The molecule has 0 fully saturated rings. The quantitative estimate of drug-likeness (QED) is 0.292. The van der Waals surface area contributed by atoms with Gasteiger partial charge in [0.25, 0.3) is 0 Å². The van der Waals surface area contributed by atoms with E-state index in [4.69, 9.17) is 9.47 Å². The third-order valence-electron chi connectivity index (χ3n) is 6.20. The molecule has 1 aliphatic heterocycles. The third kappa shape index (κ3) is 4.92. The molecule has 0 saturated carbocycles. The first-order valence-corrected chi connectivity index (χ1v) is 12.0. The molecule has 2 aromatic heterocycles. The van der Waals surface area contributed by atoms with Crippen molar-refractivity contribution in [1.29, 1.82) is 0 Å². The molecule has 0 radical (unpaired) electrons. The van der Waals surface area contributed by atoms with E-state index in [1.807, 2.05) is 24.3 Å². The predicted molar refractivity (Wildman–Crippen MR) is 135 cm³/mol. The summed E-state index contributed by atoms with van der Waals surface area (Å²) in [5.41, 5.74) is 5.73. The largest absolute Gasteiger partial charge is 0.455 e. The Hall–Kier alpha value is -5.12. The van der Waals surface area contributed by atoms with Crippen molar-refractivity contribution in [2.24, 2.45) is 0 Å². The lowest BCUT2D eigenvalue weighted by atomic mass is 9.95. The van der Waals surface area contributed by atoms with Crippen LogP contribution >= 0.6 is 0 Å². The van der Waals surface area contributed by atoms with Gasteiger partial charge in [-0.1, -0.05) is 65.0 Å². The van der Waals surface area contributed by atoms with Crippen LogP contribution in [0.4, 0.5) is 0 Å². The molecule has 0 N–H and O–H groups in total. The minimum absolute atomic E-state index is 0.0486.